The largest absolute Gasteiger partial charge is 0.444 e. The molecule has 0 aliphatic carbocycles. The zero-order chi connectivity index (χ0) is 18.8. The van der Waals surface area contributed by atoms with Gasteiger partial charge in [0.05, 0.1) is 6.04 Å². The first kappa shape index (κ1) is 19.3. The lowest BCUT2D eigenvalue weighted by Gasteiger charge is -2.32. The topological polar surface area (TPSA) is 49.9 Å². The molecule has 3 atom stereocenters. The Bertz CT molecular complexity index is 609. The van der Waals surface area contributed by atoms with Gasteiger partial charge in [0.15, 0.2) is 0 Å². The predicted molar refractivity (Wildman–Crippen MR) is 98.1 cm³/mol. The summed E-state index contributed by atoms with van der Waals surface area (Å²) in [7, 11) is 1.74. The number of carbonyl (C=O) groups is 2. The molecule has 0 saturated carbocycles. The predicted octanol–water partition coefficient (Wildman–Crippen LogP) is 3.85. The van der Waals surface area contributed by atoms with E-state index in [9.17, 15) is 9.59 Å². The van der Waals surface area contributed by atoms with Crippen molar-refractivity contribution in [1.82, 2.24) is 9.80 Å². The van der Waals surface area contributed by atoms with E-state index >= 15 is 0 Å². The van der Waals surface area contributed by atoms with Crippen LogP contribution in [0, 0.1) is 5.92 Å². The maximum Gasteiger partial charge on any atom is 0.410 e. The molecule has 2 amide bonds. The Morgan fingerprint density at radius 1 is 1.24 bits per heavy atom. The SMILES string of the molecule is C[C@@H]([C@H]1CC(=O)N([C@@H](C)c2ccccc2)C1)N(C)C(=O)OC(C)(C)C. The fourth-order valence-corrected chi connectivity index (χ4v) is 3.19. The smallest absolute Gasteiger partial charge is 0.410 e. The highest BCUT2D eigenvalue weighted by Crippen LogP contribution is 2.31. The van der Waals surface area contributed by atoms with Crippen LogP contribution >= 0.6 is 0 Å². The average Bonchev–Trinajstić information content (AvgIpc) is 2.93. The Morgan fingerprint density at radius 2 is 1.84 bits per heavy atom. The minimum absolute atomic E-state index is 0.0396. The maximum atomic E-state index is 12.5. The van der Waals surface area contributed by atoms with E-state index < -0.39 is 5.60 Å². The van der Waals surface area contributed by atoms with Crippen LogP contribution in [0.25, 0.3) is 0 Å². The van der Waals surface area contributed by atoms with Crippen molar-refractivity contribution < 1.29 is 14.3 Å². The van der Waals surface area contributed by atoms with Crippen LogP contribution in [0.4, 0.5) is 4.79 Å². The fourth-order valence-electron chi connectivity index (χ4n) is 3.19. The van der Waals surface area contributed by atoms with E-state index in [1.807, 2.05) is 62.9 Å². The average molecular weight is 346 g/mol. The molecule has 138 valence electrons. The number of ether oxygens (including phenoxy) is 1. The van der Waals surface area contributed by atoms with Gasteiger partial charge in [0.1, 0.15) is 5.60 Å². The summed E-state index contributed by atoms with van der Waals surface area (Å²) in [6.45, 7) is 10.3. The summed E-state index contributed by atoms with van der Waals surface area (Å²) in [4.78, 5) is 28.3. The Hall–Kier alpha value is -2.04. The van der Waals surface area contributed by atoms with Gasteiger partial charge < -0.3 is 14.5 Å². The molecule has 0 radical (unpaired) electrons. The molecule has 1 aromatic carbocycles. The molecule has 0 aromatic heterocycles. The Morgan fingerprint density at radius 3 is 2.40 bits per heavy atom. The molecule has 1 saturated heterocycles. The summed E-state index contributed by atoms with van der Waals surface area (Å²) in [6, 6.07) is 10.0. The zero-order valence-electron chi connectivity index (χ0n) is 16.2. The lowest BCUT2D eigenvalue weighted by Crippen LogP contribution is -2.43. The summed E-state index contributed by atoms with van der Waals surface area (Å²) in [5.41, 5.74) is 0.606. The molecule has 0 N–H and O–H groups in total. The first-order valence-corrected chi connectivity index (χ1v) is 8.90. The monoisotopic (exact) mass is 346 g/mol. The van der Waals surface area contributed by atoms with Crippen LogP contribution in [-0.4, -0.2) is 47.0 Å². The van der Waals surface area contributed by atoms with Crippen molar-refractivity contribution in [2.75, 3.05) is 13.6 Å². The fraction of sp³-hybridized carbons (Fsp3) is 0.600. The van der Waals surface area contributed by atoms with E-state index in [0.29, 0.717) is 13.0 Å². The number of benzene rings is 1. The first-order chi connectivity index (χ1) is 11.6. The van der Waals surface area contributed by atoms with Crippen LogP contribution in [-0.2, 0) is 9.53 Å². The normalized spacial score (nSPS) is 20.3. The summed E-state index contributed by atoms with van der Waals surface area (Å²) in [6.07, 6.45) is 0.118. The second-order valence-electron chi connectivity index (χ2n) is 7.93. The van der Waals surface area contributed by atoms with Gasteiger partial charge in [-0.1, -0.05) is 30.3 Å². The number of amides is 2. The number of carbonyl (C=O) groups excluding carboxylic acids is 2. The maximum absolute atomic E-state index is 12.5. The van der Waals surface area contributed by atoms with Gasteiger partial charge >= 0.3 is 6.09 Å². The van der Waals surface area contributed by atoms with E-state index in [4.69, 9.17) is 4.74 Å². The van der Waals surface area contributed by atoms with Gasteiger partial charge in [0.2, 0.25) is 5.91 Å². The van der Waals surface area contributed by atoms with Gasteiger partial charge in [0, 0.05) is 32.0 Å². The van der Waals surface area contributed by atoms with Crippen molar-refractivity contribution in [3.63, 3.8) is 0 Å². The molecule has 25 heavy (non-hydrogen) atoms. The van der Waals surface area contributed by atoms with Crippen LogP contribution in [0.3, 0.4) is 0 Å². The minimum Gasteiger partial charge on any atom is -0.444 e. The number of likely N-dealkylation sites (tertiary alicyclic amines) is 1. The van der Waals surface area contributed by atoms with Crippen molar-refractivity contribution >= 4 is 12.0 Å². The van der Waals surface area contributed by atoms with E-state index in [2.05, 4.69) is 6.92 Å². The van der Waals surface area contributed by atoms with Gasteiger partial charge in [-0.3, -0.25) is 4.79 Å². The summed E-state index contributed by atoms with van der Waals surface area (Å²) in [5, 5.41) is 0. The number of rotatable bonds is 4. The molecular formula is C20H30N2O3. The van der Waals surface area contributed by atoms with Crippen LogP contribution < -0.4 is 0 Å². The van der Waals surface area contributed by atoms with Crippen molar-refractivity contribution in [2.45, 2.75) is 58.7 Å². The second-order valence-corrected chi connectivity index (χ2v) is 7.93. The highest BCUT2D eigenvalue weighted by Gasteiger charge is 2.38. The Labute approximate surface area is 150 Å². The molecule has 0 bridgehead atoms. The zero-order valence-corrected chi connectivity index (χ0v) is 16.2. The highest BCUT2D eigenvalue weighted by molar-refractivity contribution is 5.79. The summed E-state index contributed by atoms with van der Waals surface area (Å²) in [5.74, 6) is 0.252. The molecule has 0 spiro atoms. The molecule has 1 aromatic rings. The second kappa shape index (κ2) is 7.46. The minimum atomic E-state index is -0.523. The lowest BCUT2D eigenvalue weighted by atomic mass is 9.99. The first-order valence-electron chi connectivity index (χ1n) is 8.90. The summed E-state index contributed by atoms with van der Waals surface area (Å²) >= 11 is 0. The van der Waals surface area contributed by atoms with Crippen LogP contribution in [0.15, 0.2) is 30.3 Å². The molecule has 1 aliphatic heterocycles. The molecule has 1 fully saturated rings. The highest BCUT2D eigenvalue weighted by atomic mass is 16.6. The third-order valence-corrected chi connectivity index (χ3v) is 4.91. The lowest BCUT2D eigenvalue weighted by molar-refractivity contribution is -0.129. The summed E-state index contributed by atoms with van der Waals surface area (Å²) < 4.78 is 5.44. The Kier molecular flexibility index (Phi) is 5.76. The van der Waals surface area contributed by atoms with E-state index in [-0.39, 0.29) is 30.0 Å². The molecular weight excluding hydrogens is 316 g/mol. The molecule has 2 rings (SSSR count). The molecule has 5 nitrogen and oxygen atoms in total. The molecule has 0 unspecified atom stereocenters. The Balaban J connectivity index is 2.02. The quantitative estimate of drug-likeness (QED) is 0.832. The standard InChI is InChI=1S/C20H30N2O3/c1-14(21(6)19(24)25-20(3,4)5)17-12-18(23)22(13-17)15(2)16-10-8-7-9-11-16/h7-11,14-15,17H,12-13H2,1-6H3/t14-,15-,17-/m0/s1. The van der Waals surface area contributed by atoms with E-state index in [0.717, 1.165) is 5.56 Å². The van der Waals surface area contributed by atoms with E-state index in [1.165, 1.54) is 0 Å². The molecule has 1 heterocycles. The molecule has 5 heteroatoms. The third kappa shape index (κ3) is 4.74. The van der Waals surface area contributed by atoms with Crippen molar-refractivity contribution in [3.8, 4) is 0 Å². The van der Waals surface area contributed by atoms with Crippen molar-refractivity contribution in [3.05, 3.63) is 35.9 Å². The van der Waals surface area contributed by atoms with Crippen molar-refractivity contribution in [2.24, 2.45) is 5.92 Å². The van der Waals surface area contributed by atoms with Gasteiger partial charge in [-0.25, -0.2) is 4.79 Å². The molecule has 1 aliphatic rings. The van der Waals surface area contributed by atoms with Crippen molar-refractivity contribution in [1.29, 1.82) is 0 Å². The van der Waals surface area contributed by atoms with Crippen LogP contribution in [0.1, 0.15) is 52.6 Å². The number of nitrogens with zero attached hydrogens (tertiary/aromatic N) is 2. The van der Waals surface area contributed by atoms with Gasteiger partial charge in [0.25, 0.3) is 0 Å². The van der Waals surface area contributed by atoms with E-state index in [1.54, 1.807) is 11.9 Å². The van der Waals surface area contributed by atoms with Gasteiger partial charge in [-0.2, -0.15) is 0 Å². The van der Waals surface area contributed by atoms with Gasteiger partial charge in [-0.05, 0) is 40.2 Å². The number of hydrogen-bond donors (Lipinski definition) is 0. The van der Waals surface area contributed by atoms with Gasteiger partial charge in [-0.15, -0.1) is 0 Å². The third-order valence-electron chi connectivity index (χ3n) is 4.91. The number of hydrogen-bond acceptors (Lipinski definition) is 3. The van der Waals surface area contributed by atoms with Crippen LogP contribution in [0.5, 0.6) is 0 Å². The van der Waals surface area contributed by atoms with Crippen LogP contribution in [0.2, 0.25) is 0 Å².